The molecular formula is C19H14N2O8. The van der Waals surface area contributed by atoms with Gasteiger partial charge in [-0.05, 0) is 35.9 Å². The van der Waals surface area contributed by atoms with Gasteiger partial charge in [-0.15, -0.1) is 0 Å². The maximum Gasteiger partial charge on any atom is 0.333 e. The van der Waals surface area contributed by atoms with E-state index in [1.165, 1.54) is 48.6 Å². The summed E-state index contributed by atoms with van der Waals surface area (Å²) in [4.78, 5) is 32.4. The number of hydrogen-bond donors (Lipinski definition) is 0. The Morgan fingerprint density at radius 2 is 1.45 bits per heavy atom. The molecule has 2 aliphatic rings. The Bertz CT molecular complexity index is 934. The molecule has 2 aromatic rings. The number of rotatable bonds is 4. The topological polar surface area (TPSA) is 131 Å². The maximum absolute atomic E-state index is 11.7. The SMILES string of the molecule is O=C1C=C[C@@]2(C[C@H](c3ccc([N+](=O)[O-])cc3)O[C@H](c3ccc([N+](=O)[O-])cc3)O2)O1. The third-order valence-electron chi connectivity index (χ3n) is 4.66. The number of non-ortho nitro benzene ring substituents is 2. The van der Waals surface area contributed by atoms with Gasteiger partial charge in [-0.3, -0.25) is 20.2 Å². The number of nitro groups is 2. The molecule has 148 valence electrons. The second-order valence-corrected chi connectivity index (χ2v) is 6.54. The molecule has 1 fully saturated rings. The first-order valence-corrected chi connectivity index (χ1v) is 8.59. The number of nitrogens with zero attached hydrogens (tertiary/aromatic N) is 2. The van der Waals surface area contributed by atoms with Gasteiger partial charge in [0.15, 0.2) is 6.29 Å². The second-order valence-electron chi connectivity index (χ2n) is 6.54. The lowest BCUT2D eigenvalue weighted by molar-refractivity contribution is -0.385. The molecule has 0 aliphatic carbocycles. The predicted molar refractivity (Wildman–Crippen MR) is 96.4 cm³/mol. The fraction of sp³-hybridized carbons (Fsp3) is 0.211. The molecule has 10 heteroatoms. The smallest absolute Gasteiger partial charge is 0.333 e. The molecule has 0 unspecified atom stereocenters. The van der Waals surface area contributed by atoms with Crippen LogP contribution in [-0.2, 0) is 19.0 Å². The zero-order valence-corrected chi connectivity index (χ0v) is 14.8. The van der Waals surface area contributed by atoms with Gasteiger partial charge in [0, 0.05) is 42.3 Å². The fourth-order valence-corrected chi connectivity index (χ4v) is 3.23. The van der Waals surface area contributed by atoms with Crippen molar-refractivity contribution in [1.82, 2.24) is 0 Å². The Labute approximate surface area is 163 Å². The summed E-state index contributed by atoms with van der Waals surface area (Å²) in [5.41, 5.74) is 0.993. The van der Waals surface area contributed by atoms with E-state index >= 15 is 0 Å². The molecule has 0 radical (unpaired) electrons. The quantitative estimate of drug-likeness (QED) is 0.434. The van der Waals surface area contributed by atoms with E-state index in [2.05, 4.69) is 0 Å². The number of carbonyl (C=O) groups excluding carboxylic acids is 1. The normalized spacial score (nSPS) is 25.7. The zero-order valence-electron chi connectivity index (χ0n) is 14.8. The minimum absolute atomic E-state index is 0.0605. The van der Waals surface area contributed by atoms with Gasteiger partial charge in [0.25, 0.3) is 11.4 Å². The third-order valence-corrected chi connectivity index (χ3v) is 4.66. The number of ether oxygens (including phenoxy) is 3. The Morgan fingerprint density at radius 3 is 1.93 bits per heavy atom. The summed E-state index contributed by atoms with van der Waals surface area (Å²) >= 11 is 0. The lowest BCUT2D eigenvalue weighted by Gasteiger charge is -2.40. The molecule has 0 N–H and O–H groups in total. The summed E-state index contributed by atoms with van der Waals surface area (Å²) in [6.45, 7) is 0. The molecule has 3 atom stereocenters. The first-order chi connectivity index (χ1) is 13.8. The van der Waals surface area contributed by atoms with Crippen molar-refractivity contribution in [3.63, 3.8) is 0 Å². The average molecular weight is 398 g/mol. The number of benzene rings is 2. The molecule has 2 aromatic carbocycles. The van der Waals surface area contributed by atoms with Gasteiger partial charge in [0.2, 0.25) is 5.79 Å². The standard InChI is InChI=1S/C19H14N2O8/c22-17-9-10-19(28-17)11-16(12-1-5-14(6-2-12)20(23)24)27-18(29-19)13-3-7-15(8-4-13)21(25)26/h1-10,16,18H,11H2/t16-,18+,19-/m1/s1. The van der Waals surface area contributed by atoms with Gasteiger partial charge in [-0.25, -0.2) is 4.79 Å². The van der Waals surface area contributed by atoms with Crippen LogP contribution in [0.25, 0.3) is 0 Å². The van der Waals surface area contributed by atoms with Crippen LogP contribution in [0.4, 0.5) is 11.4 Å². The summed E-state index contributed by atoms with van der Waals surface area (Å²) in [5.74, 6) is -1.91. The molecule has 4 rings (SSSR count). The van der Waals surface area contributed by atoms with Crippen LogP contribution in [0, 0.1) is 20.2 Å². The van der Waals surface area contributed by atoms with Crippen LogP contribution in [0.5, 0.6) is 0 Å². The van der Waals surface area contributed by atoms with E-state index in [1.807, 2.05) is 0 Å². The van der Waals surface area contributed by atoms with Crippen molar-refractivity contribution < 1.29 is 28.9 Å². The monoisotopic (exact) mass is 398 g/mol. The van der Waals surface area contributed by atoms with Gasteiger partial charge in [0.1, 0.15) is 0 Å². The van der Waals surface area contributed by atoms with Crippen LogP contribution < -0.4 is 0 Å². The lowest BCUT2D eigenvalue weighted by atomic mass is 9.98. The highest BCUT2D eigenvalue weighted by Crippen LogP contribution is 2.45. The molecular weight excluding hydrogens is 384 g/mol. The van der Waals surface area contributed by atoms with Gasteiger partial charge in [-0.2, -0.15) is 0 Å². The summed E-state index contributed by atoms with van der Waals surface area (Å²) < 4.78 is 17.2. The molecule has 0 saturated carbocycles. The summed E-state index contributed by atoms with van der Waals surface area (Å²) in [6, 6.07) is 11.5. The van der Waals surface area contributed by atoms with Crippen LogP contribution in [0.2, 0.25) is 0 Å². The van der Waals surface area contributed by atoms with E-state index in [0.717, 1.165) is 0 Å². The van der Waals surface area contributed by atoms with Crippen LogP contribution in [0.3, 0.4) is 0 Å². The maximum atomic E-state index is 11.7. The zero-order chi connectivity index (χ0) is 20.6. The van der Waals surface area contributed by atoms with Gasteiger partial charge in [-0.1, -0.05) is 0 Å². The average Bonchev–Trinajstić information content (AvgIpc) is 3.07. The van der Waals surface area contributed by atoms with Crippen LogP contribution in [0.15, 0.2) is 60.7 Å². The summed E-state index contributed by atoms with van der Waals surface area (Å²) in [6.07, 6.45) is 1.33. The van der Waals surface area contributed by atoms with Crippen molar-refractivity contribution in [2.24, 2.45) is 0 Å². The second kappa shape index (κ2) is 7.08. The predicted octanol–water partition coefficient (Wildman–Crippen LogP) is 3.49. The van der Waals surface area contributed by atoms with Gasteiger partial charge < -0.3 is 14.2 Å². The summed E-state index contributed by atoms with van der Waals surface area (Å²) in [7, 11) is 0. The molecule has 1 spiro atoms. The Hall–Kier alpha value is -3.63. The van der Waals surface area contributed by atoms with Crippen LogP contribution in [-0.4, -0.2) is 21.6 Å². The molecule has 10 nitrogen and oxygen atoms in total. The van der Waals surface area contributed by atoms with Gasteiger partial charge in [0.05, 0.1) is 16.0 Å². The highest BCUT2D eigenvalue weighted by atomic mass is 16.8. The first kappa shape index (κ1) is 18.7. The van der Waals surface area contributed by atoms with Crippen LogP contribution in [0.1, 0.15) is 29.9 Å². The van der Waals surface area contributed by atoms with E-state index in [-0.39, 0.29) is 17.8 Å². The molecule has 0 bridgehead atoms. The van der Waals surface area contributed by atoms with Gasteiger partial charge >= 0.3 is 5.97 Å². The molecule has 2 aliphatic heterocycles. The molecule has 0 aromatic heterocycles. The van der Waals surface area contributed by atoms with Crippen molar-refractivity contribution >= 4 is 17.3 Å². The molecule has 0 amide bonds. The Morgan fingerprint density at radius 1 is 0.897 bits per heavy atom. The largest absolute Gasteiger partial charge is 0.426 e. The molecule has 29 heavy (non-hydrogen) atoms. The summed E-state index contributed by atoms with van der Waals surface area (Å²) in [5, 5.41) is 21.8. The van der Waals surface area contributed by atoms with E-state index in [0.29, 0.717) is 11.1 Å². The Balaban J connectivity index is 1.65. The van der Waals surface area contributed by atoms with E-state index in [4.69, 9.17) is 14.2 Å². The van der Waals surface area contributed by atoms with Crippen LogP contribution >= 0.6 is 0 Å². The first-order valence-electron chi connectivity index (χ1n) is 8.59. The van der Waals surface area contributed by atoms with Crippen molar-refractivity contribution in [3.05, 3.63) is 92.0 Å². The number of hydrogen-bond acceptors (Lipinski definition) is 8. The van der Waals surface area contributed by atoms with E-state index in [1.54, 1.807) is 12.1 Å². The highest BCUT2D eigenvalue weighted by molar-refractivity contribution is 5.85. The van der Waals surface area contributed by atoms with Crippen molar-refractivity contribution in [1.29, 1.82) is 0 Å². The number of carbonyl (C=O) groups is 1. The number of nitro benzene ring substituents is 2. The van der Waals surface area contributed by atoms with Crippen molar-refractivity contribution in [2.75, 3.05) is 0 Å². The fourth-order valence-electron chi connectivity index (χ4n) is 3.23. The molecule has 2 heterocycles. The van der Waals surface area contributed by atoms with Crippen molar-refractivity contribution in [3.8, 4) is 0 Å². The van der Waals surface area contributed by atoms with E-state index < -0.39 is 34.0 Å². The highest BCUT2D eigenvalue weighted by Gasteiger charge is 2.47. The lowest BCUT2D eigenvalue weighted by Crippen LogP contribution is -2.41. The minimum atomic E-state index is -1.35. The van der Waals surface area contributed by atoms with E-state index in [9.17, 15) is 25.0 Å². The number of esters is 1. The third kappa shape index (κ3) is 3.71. The van der Waals surface area contributed by atoms with Crippen molar-refractivity contribution in [2.45, 2.75) is 24.6 Å². The Kier molecular flexibility index (Phi) is 4.57. The minimum Gasteiger partial charge on any atom is -0.426 e. The molecule has 1 saturated heterocycles.